The number of fused-ring (bicyclic) bond motifs is 1. The standard InChI is InChI=1S/C22H20N4O2S/c1-2-13-25-21(28)17-10-6-7-11-19(17)23-22(25)29-15-20(27)26-14-12-18(24-26)16-8-4-3-5-9-16/h2-11H,1,12-15H2. The summed E-state index contributed by atoms with van der Waals surface area (Å²) < 4.78 is 1.55. The van der Waals surface area contributed by atoms with Gasteiger partial charge < -0.3 is 0 Å². The van der Waals surface area contributed by atoms with Gasteiger partial charge in [0.2, 0.25) is 0 Å². The number of carbonyl (C=O) groups is 1. The highest BCUT2D eigenvalue weighted by molar-refractivity contribution is 7.99. The summed E-state index contributed by atoms with van der Waals surface area (Å²) in [5.74, 6) is 0.0570. The SMILES string of the molecule is C=CCn1c(SCC(=O)N2CCC(c3ccccc3)=N2)nc2ccccc2c1=O. The third-order valence-electron chi connectivity index (χ3n) is 4.66. The zero-order valence-electron chi connectivity index (χ0n) is 15.8. The van der Waals surface area contributed by atoms with E-state index >= 15 is 0 Å². The molecule has 0 atom stereocenters. The van der Waals surface area contributed by atoms with E-state index in [1.54, 1.807) is 22.8 Å². The molecular formula is C22H20N4O2S. The molecule has 0 spiro atoms. The van der Waals surface area contributed by atoms with E-state index < -0.39 is 0 Å². The van der Waals surface area contributed by atoms with Gasteiger partial charge in [-0.25, -0.2) is 9.99 Å². The highest BCUT2D eigenvalue weighted by Gasteiger charge is 2.22. The fraction of sp³-hybridized carbons (Fsp3) is 0.182. The fourth-order valence-corrected chi connectivity index (χ4v) is 4.10. The highest BCUT2D eigenvalue weighted by Crippen LogP contribution is 2.20. The lowest BCUT2D eigenvalue weighted by molar-refractivity contribution is -0.127. The topological polar surface area (TPSA) is 67.6 Å². The van der Waals surface area contributed by atoms with Crippen molar-refractivity contribution in [2.24, 2.45) is 5.10 Å². The molecule has 0 saturated heterocycles. The molecule has 2 aromatic carbocycles. The van der Waals surface area contributed by atoms with Crippen LogP contribution in [0.1, 0.15) is 12.0 Å². The van der Waals surface area contributed by atoms with Crippen molar-refractivity contribution in [1.29, 1.82) is 0 Å². The van der Waals surface area contributed by atoms with Gasteiger partial charge in [0.25, 0.3) is 11.5 Å². The van der Waals surface area contributed by atoms with Gasteiger partial charge >= 0.3 is 0 Å². The molecule has 1 aliphatic rings. The first kappa shape index (κ1) is 19.1. The van der Waals surface area contributed by atoms with Gasteiger partial charge in [-0.05, 0) is 17.7 Å². The summed E-state index contributed by atoms with van der Waals surface area (Å²) in [7, 11) is 0. The molecule has 6 nitrogen and oxygen atoms in total. The van der Waals surface area contributed by atoms with Crippen LogP contribution in [0.3, 0.4) is 0 Å². The molecule has 0 unspecified atom stereocenters. The summed E-state index contributed by atoms with van der Waals surface area (Å²) in [6.45, 7) is 4.63. The van der Waals surface area contributed by atoms with Crippen molar-refractivity contribution >= 4 is 34.3 Å². The lowest BCUT2D eigenvalue weighted by Gasteiger charge is -2.13. The Morgan fingerprint density at radius 1 is 1.14 bits per heavy atom. The number of nitrogens with zero attached hydrogens (tertiary/aromatic N) is 4. The Morgan fingerprint density at radius 2 is 1.90 bits per heavy atom. The van der Waals surface area contributed by atoms with Gasteiger partial charge in [-0.2, -0.15) is 5.10 Å². The molecule has 7 heteroatoms. The minimum absolute atomic E-state index is 0.103. The van der Waals surface area contributed by atoms with Crippen LogP contribution in [-0.2, 0) is 11.3 Å². The van der Waals surface area contributed by atoms with Crippen LogP contribution in [-0.4, -0.2) is 38.5 Å². The van der Waals surface area contributed by atoms with Crippen LogP contribution in [0.15, 0.2) is 82.3 Å². The summed E-state index contributed by atoms with van der Waals surface area (Å²) in [5, 5.41) is 7.05. The number of para-hydroxylation sites is 1. The number of carbonyl (C=O) groups excluding carboxylic acids is 1. The van der Waals surface area contributed by atoms with E-state index in [2.05, 4.69) is 16.7 Å². The van der Waals surface area contributed by atoms with E-state index in [1.807, 2.05) is 42.5 Å². The van der Waals surface area contributed by atoms with Gasteiger partial charge in [0, 0.05) is 13.0 Å². The number of hydrazone groups is 1. The molecule has 29 heavy (non-hydrogen) atoms. The molecular weight excluding hydrogens is 384 g/mol. The highest BCUT2D eigenvalue weighted by atomic mass is 32.2. The number of benzene rings is 2. The largest absolute Gasteiger partial charge is 0.283 e. The van der Waals surface area contributed by atoms with Crippen molar-refractivity contribution in [3.8, 4) is 0 Å². The third-order valence-corrected chi connectivity index (χ3v) is 5.62. The van der Waals surface area contributed by atoms with E-state index in [-0.39, 0.29) is 17.2 Å². The zero-order valence-corrected chi connectivity index (χ0v) is 16.6. The van der Waals surface area contributed by atoms with Crippen molar-refractivity contribution in [1.82, 2.24) is 14.6 Å². The van der Waals surface area contributed by atoms with Crippen LogP contribution in [0.5, 0.6) is 0 Å². The molecule has 2 heterocycles. The minimum atomic E-state index is -0.129. The van der Waals surface area contributed by atoms with Crippen LogP contribution in [0, 0.1) is 0 Å². The molecule has 1 amide bonds. The molecule has 0 bridgehead atoms. The summed E-state index contributed by atoms with van der Waals surface area (Å²) in [6.07, 6.45) is 2.39. The Bertz CT molecular complexity index is 1150. The van der Waals surface area contributed by atoms with Gasteiger partial charge in [-0.15, -0.1) is 6.58 Å². The average Bonchev–Trinajstić information content (AvgIpc) is 3.25. The molecule has 0 aliphatic carbocycles. The molecule has 146 valence electrons. The summed E-state index contributed by atoms with van der Waals surface area (Å²) in [5.41, 5.74) is 2.44. The quantitative estimate of drug-likeness (QED) is 0.359. The van der Waals surface area contributed by atoms with E-state index in [1.165, 1.54) is 16.8 Å². The number of hydrogen-bond donors (Lipinski definition) is 0. The molecule has 4 rings (SSSR count). The number of rotatable bonds is 6. The second kappa shape index (κ2) is 8.45. The van der Waals surface area contributed by atoms with E-state index in [9.17, 15) is 9.59 Å². The molecule has 0 saturated carbocycles. The Labute approximate surface area is 172 Å². The molecule has 0 fully saturated rings. The molecule has 0 N–H and O–H groups in total. The Kier molecular flexibility index (Phi) is 5.57. The van der Waals surface area contributed by atoms with E-state index in [0.29, 0.717) is 29.1 Å². The lowest BCUT2D eigenvalue weighted by atomic mass is 10.1. The Morgan fingerprint density at radius 3 is 2.69 bits per heavy atom. The van der Waals surface area contributed by atoms with Gasteiger partial charge in [-0.1, -0.05) is 60.3 Å². The average molecular weight is 404 g/mol. The molecule has 3 aromatic rings. The van der Waals surface area contributed by atoms with Gasteiger partial charge in [0.1, 0.15) is 0 Å². The number of hydrogen-bond acceptors (Lipinski definition) is 5. The van der Waals surface area contributed by atoms with Crippen molar-refractivity contribution in [2.45, 2.75) is 18.1 Å². The number of amides is 1. The van der Waals surface area contributed by atoms with Crippen LogP contribution in [0.25, 0.3) is 10.9 Å². The van der Waals surface area contributed by atoms with Gasteiger partial charge in [0.15, 0.2) is 5.16 Å². The summed E-state index contributed by atoms with van der Waals surface area (Å²) >= 11 is 1.25. The second-order valence-electron chi connectivity index (χ2n) is 6.58. The van der Waals surface area contributed by atoms with E-state index in [4.69, 9.17) is 0 Å². The smallest absolute Gasteiger partial charge is 0.262 e. The molecule has 0 radical (unpaired) electrons. The summed E-state index contributed by atoms with van der Waals surface area (Å²) in [4.78, 5) is 30.0. The van der Waals surface area contributed by atoms with Crippen LogP contribution in [0.4, 0.5) is 0 Å². The van der Waals surface area contributed by atoms with Crippen molar-refractivity contribution in [2.75, 3.05) is 12.3 Å². The fourth-order valence-electron chi connectivity index (χ4n) is 3.22. The van der Waals surface area contributed by atoms with Crippen molar-refractivity contribution in [3.63, 3.8) is 0 Å². The van der Waals surface area contributed by atoms with E-state index in [0.717, 1.165) is 17.7 Å². The monoisotopic (exact) mass is 404 g/mol. The summed E-state index contributed by atoms with van der Waals surface area (Å²) in [6, 6.07) is 17.1. The van der Waals surface area contributed by atoms with Crippen LogP contribution >= 0.6 is 11.8 Å². The maximum atomic E-state index is 12.8. The third kappa shape index (κ3) is 4.00. The van der Waals surface area contributed by atoms with Gasteiger partial charge in [0.05, 0.1) is 28.9 Å². The number of allylic oxidation sites excluding steroid dienone is 1. The predicted octanol–water partition coefficient (Wildman–Crippen LogP) is 3.31. The Balaban J connectivity index is 1.53. The normalized spacial score (nSPS) is 13.5. The molecule has 1 aliphatic heterocycles. The van der Waals surface area contributed by atoms with Crippen molar-refractivity contribution in [3.05, 3.63) is 83.2 Å². The maximum Gasteiger partial charge on any atom is 0.262 e. The zero-order chi connectivity index (χ0) is 20.2. The second-order valence-corrected chi connectivity index (χ2v) is 7.53. The lowest BCUT2D eigenvalue weighted by Crippen LogP contribution is -2.27. The first-order valence-corrected chi connectivity index (χ1v) is 10.3. The minimum Gasteiger partial charge on any atom is -0.283 e. The predicted molar refractivity (Wildman–Crippen MR) is 116 cm³/mol. The molecule has 1 aromatic heterocycles. The van der Waals surface area contributed by atoms with Crippen LogP contribution in [0.2, 0.25) is 0 Å². The number of thioether (sulfide) groups is 1. The maximum absolute atomic E-state index is 12.8. The number of aromatic nitrogens is 2. The van der Waals surface area contributed by atoms with Crippen molar-refractivity contribution < 1.29 is 4.79 Å². The first-order valence-electron chi connectivity index (χ1n) is 9.34. The first-order chi connectivity index (χ1) is 14.2. The Hall–Kier alpha value is -3.19. The van der Waals surface area contributed by atoms with Crippen LogP contribution < -0.4 is 5.56 Å². The van der Waals surface area contributed by atoms with Gasteiger partial charge in [-0.3, -0.25) is 14.2 Å².